The third-order valence-electron chi connectivity index (χ3n) is 3.19. The first kappa shape index (κ1) is 14.3. The molecule has 1 aliphatic heterocycles. The summed E-state index contributed by atoms with van der Waals surface area (Å²) in [5.74, 6) is 0. The first-order valence-corrected chi connectivity index (χ1v) is 7.31. The van der Waals surface area contributed by atoms with Crippen molar-refractivity contribution in [3.05, 3.63) is 48.5 Å². The minimum absolute atomic E-state index is 0.156. The van der Waals surface area contributed by atoms with Gasteiger partial charge in [-0.25, -0.2) is 5.32 Å². The van der Waals surface area contributed by atoms with E-state index in [2.05, 4.69) is 0 Å². The van der Waals surface area contributed by atoms with Crippen molar-refractivity contribution in [2.45, 2.75) is 16.1 Å². The van der Waals surface area contributed by atoms with Gasteiger partial charge in [-0.1, -0.05) is 36.0 Å². The van der Waals surface area contributed by atoms with E-state index in [4.69, 9.17) is 0 Å². The van der Waals surface area contributed by atoms with Crippen LogP contribution in [0.3, 0.4) is 0 Å². The summed E-state index contributed by atoms with van der Waals surface area (Å²) in [6.45, 7) is 0.102. The second-order valence-corrected chi connectivity index (χ2v) is 5.70. The number of benzene rings is 2. The molecule has 1 heterocycles. The second-order valence-electron chi connectivity index (χ2n) is 4.61. The molecule has 110 valence electrons. The Morgan fingerprint density at radius 3 is 1.95 bits per heavy atom. The first-order chi connectivity index (χ1) is 10.0. The molecule has 2 aromatic carbocycles. The summed E-state index contributed by atoms with van der Waals surface area (Å²) in [6, 6.07) is 15.5. The standard InChI is InChI=1S/C15H13F3N2S/c16-15(17,18)19-9-10-20-11-5-1-3-7-13(11)21-14-8-4-2-6-12(14)20/h1-8,19H,9-10H2. The molecule has 0 aromatic heterocycles. The fraction of sp³-hybridized carbons (Fsp3) is 0.200. The number of hydrogen-bond donors (Lipinski definition) is 1. The average Bonchev–Trinajstić information content (AvgIpc) is 2.45. The topological polar surface area (TPSA) is 15.3 Å². The first-order valence-electron chi connectivity index (χ1n) is 6.50. The summed E-state index contributed by atoms with van der Waals surface area (Å²) >= 11 is 1.64. The van der Waals surface area contributed by atoms with Crippen LogP contribution in [-0.4, -0.2) is 19.4 Å². The zero-order valence-corrected chi connectivity index (χ0v) is 11.8. The predicted molar refractivity (Wildman–Crippen MR) is 78.1 cm³/mol. The summed E-state index contributed by atoms with van der Waals surface area (Å²) < 4.78 is 36.8. The highest BCUT2D eigenvalue weighted by atomic mass is 32.2. The van der Waals surface area contributed by atoms with Gasteiger partial charge >= 0.3 is 6.30 Å². The average molecular weight is 310 g/mol. The molecule has 0 fully saturated rings. The van der Waals surface area contributed by atoms with E-state index >= 15 is 0 Å². The molecule has 0 amide bonds. The Morgan fingerprint density at radius 2 is 1.43 bits per heavy atom. The number of anilines is 2. The molecule has 0 aliphatic carbocycles. The third kappa shape index (κ3) is 3.16. The highest BCUT2D eigenvalue weighted by Gasteiger charge is 2.27. The van der Waals surface area contributed by atoms with Gasteiger partial charge < -0.3 is 4.90 Å². The number of fused-ring (bicyclic) bond motifs is 2. The van der Waals surface area contributed by atoms with E-state index in [0.717, 1.165) is 21.2 Å². The maximum atomic E-state index is 12.3. The summed E-state index contributed by atoms with van der Waals surface area (Å²) in [6.07, 6.45) is -4.34. The minimum atomic E-state index is -4.34. The lowest BCUT2D eigenvalue weighted by Gasteiger charge is -2.32. The van der Waals surface area contributed by atoms with Crippen LogP contribution in [-0.2, 0) is 0 Å². The number of alkyl halides is 3. The van der Waals surface area contributed by atoms with Crippen LogP contribution in [0.15, 0.2) is 58.3 Å². The van der Waals surface area contributed by atoms with Crippen molar-refractivity contribution in [3.8, 4) is 0 Å². The summed E-state index contributed by atoms with van der Waals surface area (Å²) in [7, 11) is 0. The second kappa shape index (κ2) is 5.61. The van der Waals surface area contributed by atoms with Crippen LogP contribution in [0.5, 0.6) is 0 Å². The third-order valence-corrected chi connectivity index (χ3v) is 4.32. The fourth-order valence-corrected chi connectivity index (χ4v) is 3.43. The zero-order valence-electron chi connectivity index (χ0n) is 11.0. The molecule has 3 rings (SSSR count). The Labute approximate surface area is 125 Å². The van der Waals surface area contributed by atoms with Crippen LogP contribution in [0, 0.1) is 0 Å². The van der Waals surface area contributed by atoms with Crippen molar-refractivity contribution >= 4 is 23.1 Å². The van der Waals surface area contributed by atoms with Gasteiger partial charge in [0.25, 0.3) is 0 Å². The largest absolute Gasteiger partial charge is 0.457 e. The van der Waals surface area contributed by atoms with Crippen molar-refractivity contribution in [2.24, 2.45) is 0 Å². The Balaban J connectivity index is 1.88. The lowest BCUT2D eigenvalue weighted by atomic mass is 10.2. The van der Waals surface area contributed by atoms with Crippen molar-refractivity contribution in [1.82, 2.24) is 5.32 Å². The molecule has 0 radical (unpaired) electrons. The van der Waals surface area contributed by atoms with Gasteiger partial charge in [-0.15, -0.1) is 0 Å². The monoisotopic (exact) mass is 310 g/mol. The van der Waals surface area contributed by atoms with Crippen LogP contribution < -0.4 is 10.2 Å². The van der Waals surface area contributed by atoms with Gasteiger partial charge in [0.1, 0.15) is 0 Å². The number of halogens is 3. The van der Waals surface area contributed by atoms with E-state index in [0.29, 0.717) is 0 Å². The molecule has 0 atom stereocenters. The van der Waals surface area contributed by atoms with Gasteiger partial charge in [0.05, 0.1) is 11.4 Å². The summed E-state index contributed by atoms with van der Waals surface area (Å²) in [5.41, 5.74) is 1.90. The van der Waals surface area contributed by atoms with Crippen LogP contribution in [0.25, 0.3) is 0 Å². The number of rotatable bonds is 3. The lowest BCUT2D eigenvalue weighted by Crippen LogP contribution is -2.38. The highest BCUT2D eigenvalue weighted by molar-refractivity contribution is 7.99. The quantitative estimate of drug-likeness (QED) is 0.846. The molecule has 0 unspecified atom stereocenters. The molecule has 0 bridgehead atoms. The Morgan fingerprint density at radius 1 is 0.905 bits per heavy atom. The van der Waals surface area contributed by atoms with Crippen molar-refractivity contribution in [2.75, 3.05) is 18.0 Å². The maximum absolute atomic E-state index is 12.3. The Kier molecular flexibility index (Phi) is 3.82. The van der Waals surface area contributed by atoms with E-state index < -0.39 is 6.30 Å². The van der Waals surface area contributed by atoms with E-state index in [-0.39, 0.29) is 13.1 Å². The van der Waals surface area contributed by atoms with E-state index in [1.807, 2.05) is 53.4 Å². The van der Waals surface area contributed by atoms with Gasteiger partial charge in [0, 0.05) is 22.9 Å². The molecule has 1 N–H and O–H groups in total. The smallest absolute Gasteiger partial charge is 0.338 e. The van der Waals surface area contributed by atoms with Crippen molar-refractivity contribution < 1.29 is 13.2 Å². The summed E-state index contributed by atoms with van der Waals surface area (Å²) in [4.78, 5) is 4.05. The normalized spacial score (nSPS) is 13.8. The highest BCUT2D eigenvalue weighted by Crippen LogP contribution is 2.47. The molecule has 1 aliphatic rings. The number of hydrogen-bond acceptors (Lipinski definition) is 3. The zero-order chi connectivity index (χ0) is 14.9. The molecule has 0 saturated heterocycles. The molecule has 2 aromatic rings. The molecule has 0 saturated carbocycles. The summed E-state index contributed by atoms with van der Waals surface area (Å²) in [5, 5.41) is 1.58. The van der Waals surface area contributed by atoms with Gasteiger partial charge in [-0.2, -0.15) is 13.2 Å². The van der Waals surface area contributed by atoms with Gasteiger partial charge in [0.15, 0.2) is 0 Å². The van der Waals surface area contributed by atoms with Crippen LogP contribution in [0.2, 0.25) is 0 Å². The van der Waals surface area contributed by atoms with Crippen LogP contribution in [0.4, 0.5) is 24.5 Å². The van der Waals surface area contributed by atoms with Gasteiger partial charge in [0.2, 0.25) is 0 Å². The number of para-hydroxylation sites is 2. The van der Waals surface area contributed by atoms with Gasteiger partial charge in [-0.05, 0) is 24.3 Å². The van der Waals surface area contributed by atoms with E-state index in [1.54, 1.807) is 17.1 Å². The minimum Gasteiger partial charge on any atom is -0.338 e. The molecule has 0 spiro atoms. The Bertz CT molecular complexity index is 597. The van der Waals surface area contributed by atoms with Crippen LogP contribution in [0.1, 0.15) is 0 Å². The number of nitrogens with zero attached hydrogens (tertiary/aromatic N) is 1. The lowest BCUT2D eigenvalue weighted by molar-refractivity contribution is -0.156. The van der Waals surface area contributed by atoms with Crippen molar-refractivity contribution in [1.29, 1.82) is 0 Å². The van der Waals surface area contributed by atoms with E-state index in [9.17, 15) is 13.2 Å². The molecule has 6 heteroatoms. The predicted octanol–water partition coefficient (Wildman–Crippen LogP) is 4.40. The molecular formula is C15H13F3N2S. The molecule has 21 heavy (non-hydrogen) atoms. The fourth-order valence-electron chi connectivity index (χ4n) is 2.33. The Hall–Kier alpha value is -1.66. The number of nitrogens with one attached hydrogen (secondary N) is 1. The molecular weight excluding hydrogens is 297 g/mol. The van der Waals surface area contributed by atoms with Crippen LogP contribution >= 0.6 is 11.8 Å². The molecule has 2 nitrogen and oxygen atoms in total. The SMILES string of the molecule is FC(F)(F)NCCN1c2ccccc2Sc2ccccc21. The van der Waals surface area contributed by atoms with Crippen molar-refractivity contribution in [3.63, 3.8) is 0 Å². The maximum Gasteiger partial charge on any atom is 0.457 e. The van der Waals surface area contributed by atoms with Gasteiger partial charge in [-0.3, -0.25) is 0 Å². The van der Waals surface area contributed by atoms with E-state index in [1.165, 1.54) is 0 Å².